The summed E-state index contributed by atoms with van der Waals surface area (Å²) in [5.74, 6) is 0.497. The van der Waals surface area contributed by atoms with Crippen molar-refractivity contribution in [2.75, 3.05) is 13.2 Å². The van der Waals surface area contributed by atoms with Crippen LogP contribution in [0.2, 0.25) is 0 Å². The van der Waals surface area contributed by atoms with Gasteiger partial charge in [0.15, 0.2) is 5.16 Å². The number of rotatable bonds is 7. The molecule has 0 unspecified atom stereocenters. The third-order valence-corrected chi connectivity index (χ3v) is 5.21. The van der Waals surface area contributed by atoms with E-state index in [0.29, 0.717) is 40.6 Å². The SMILES string of the molecule is CCNC(=O)[C@@H](C)Sc1nc2ccccc2c(=O)n1-c1ccccc1OCC. The molecular weight excluding hydrogens is 374 g/mol. The van der Waals surface area contributed by atoms with Gasteiger partial charge in [-0.15, -0.1) is 0 Å². The van der Waals surface area contributed by atoms with E-state index in [4.69, 9.17) is 4.74 Å². The lowest BCUT2D eigenvalue weighted by atomic mass is 10.2. The molecule has 0 aliphatic heterocycles. The predicted molar refractivity (Wildman–Crippen MR) is 113 cm³/mol. The van der Waals surface area contributed by atoms with Crippen molar-refractivity contribution in [3.63, 3.8) is 0 Å². The van der Waals surface area contributed by atoms with Gasteiger partial charge >= 0.3 is 0 Å². The molecular formula is C21H23N3O3S. The van der Waals surface area contributed by atoms with Gasteiger partial charge in [0.2, 0.25) is 5.91 Å². The van der Waals surface area contributed by atoms with Gasteiger partial charge in [-0.2, -0.15) is 0 Å². The zero-order valence-electron chi connectivity index (χ0n) is 16.1. The highest BCUT2D eigenvalue weighted by Crippen LogP contribution is 2.29. The quantitative estimate of drug-likeness (QED) is 0.489. The molecule has 0 radical (unpaired) electrons. The summed E-state index contributed by atoms with van der Waals surface area (Å²) in [6.45, 7) is 6.60. The number of benzene rings is 2. The van der Waals surface area contributed by atoms with Gasteiger partial charge in [0, 0.05) is 6.54 Å². The van der Waals surface area contributed by atoms with Crippen LogP contribution >= 0.6 is 11.8 Å². The van der Waals surface area contributed by atoms with Crippen molar-refractivity contribution in [1.82, 2.24) is 14.9 Å². The lowest BCUT2D eigenvalue weighted by Gasteiger charge is -2.18. The summed E-state index contributed by atoms with van der Waals surface area (Å²) in [5.41, 5.74) is 1.02. The van der Waals surface area contributed by atoms with E-state index in [1.54, 1.807) is 19.1 Å². The Morgan fingerprint density at radius 2 is 1.89 bits per heavy atom. The van der Waals surface area contributed by atoms with Crippen molar-refractivity contribution in [2.45, 2.75) is 31.2 Å². The molecule has 3 aromatic rings. The predicted octanol–water partition coefficient (Wildman–Crippen LogP) is 3.40. The van der Waals surface area contributed by atoms with Crippen LogP contribution in [0.3, 0.4) is 0 Å². The maximum absolute atomic E-state index is 13.3. The Morgan fingerprint density at radius 1 is 1.18 bits per heavy atom. The molecule has 1 heterocycles. The van der Waals surface area contributed by atoms with E-state index in [0.717, 1.165) is 0 Å². The van der Waals surface area contributed by atoms with E-state index in [2.05, 4.69) is 10.3 Å². The third kappa shape index (κ3) is 4.04. The van der Waals surface area contributed by atoms with Gasteiger partial charge in [0.1, 0.15) is 5.75 Å². The van der Waals surface area contributed by atoms with Gasteiger partial charge in [-0.1, -0.05) is 36.0 Å². The highest BCUT2D eigenvalue weighted by Gasteiger charge is 2.21. The molecule has 1 atom stereocenters. The molecule has 2 aromatic carbocycles. The van der Waals surface area contributed by atoms with E-state index in [-0.39, 0.29) is 11.5 Å². The fourth-order valence-corrected chi connectivity index (χ4v) is 3.80. The Balaban J connectivity index is 2.21. The van der Waals surface area contributed by atoms with Gasteiger partial charge in [0.25, 0.3) is 5.56 Å². The van der Waals surface area contributed by atoms with E-state index < -0.39 is 5.25 Å². The molecule has 28 heavy (non-hydrogen) atoms. The molecule has 0 bridgehead atoms. The number of nitrogens with one attached hydrogen (secondary N) is 1. The van der Waals surface area contributed by atoms with E-state index in [1.165, 1.54) is 16.3 Å². The summed E-state index contributed by atoms with van der Waals surface area (Å²) < 4.78 is 7.26. The normalized spacial score (nSPS) is 12.0. The standard InChI is InChI=1S/C21H23N3O3S/c1-4-22-19(25)14(3)28-21-23-16-11-7-6-10-15(16)20(26)24(21)17-12-8-9-13-18(17)27-5-2/h6-14H,4-5H2,1-3H3,(H,22,25)/t14-/m1/s1. The molecule has 3 rings (SSSR count). The highest BCUT2D eigenvalue weighted by atomic mass is 32.2. The van der Waals surface area contributed by atoms with Crippen molar-refractivity contribution in [3.05, 3.63) is 58.9 Å². The van der Waals surface area contributed by atoms with E-state index in [1.807, 2.05) is 50.2 Å². The molecule has 0 fully saturated rings. The number of nitrogens with zero attached hydrogens (tertiary/aromatic N) is 2. The first-order valence-corrected chi connectivity index (χ1v) is 10.1. The summed E-state index contributed by atoms with van der Waals surface area (Å²) in [7, 11) is 0. The fourth-order valence-electron chi connectivity index (χ4n) is 2.85. The first-order chi connectivity index (χ1) is 13.6. The van der Waals surface area contributed by atoms with Crippen LogP contribution in [0, 0.1) is 0 Å². The lowest BCUT2D eigenvalue weighted by molar-refractivity contribution is -0.120. The molecule has 1 aromatic heterocycles. The van der Waals surface area contributed by atoms with Crippen LogP contribution in [0.5, 0.6) is 5.75 Å². The van der Waals surface area contributed by atoms with Crippen molar-refractivity contribution in [2.24, 2.45) is 0 Å². The number of aromatic nitrogens is 2. The Kier molecular flexibility index (Phi) is 6.36. The second-order valence-corrected chi connectivity index (χ2v) is 7.42. The lowest BCUT2D eigenvalue weighted by Crippen LogP contribution is -2.31. The number of ether oxygens (including phenoxy) is 1. The summed E-state index contributed by atoms with van der Waals surface area (Å²) in [5, 5.41) is 3.38. The molecule has 0 aliphatic carbocycles. The second-order valence-electron chi connectivity index (χ2n) is 6.11. The minimum absolute atomic E-state index is 0.0976. The van der Waals surface area contributed by atoms with Gasteiger partial charge in [-0.25, -0.2) is 4.98 Å². The average Bonchev–Trinajstić information content (AvgIpc) is 2.69. The van der Waals surface area contributed by atoms with E-state index >= 15 is 0 Å². The fraction of sp³-hybridized carbons (Fsp3) is 0.286. The monoisotopic (exact) mass is 397 g/mol. The van der Waals surface area contributed by atoms with E-state index in [9.17, 15) is 9.59 Å². The smallest absolute Gasteiger partial charge is 0.266 e. The number of para-hydroxylation sites is 3. The zero-order valence-corrected chi connectivity index (χ0v) is 17.0. The highest BCUT2D eigenvalue weighted by molar-refractivity contribution is 8.00. The number of hydrogen-bond donors (Lipinski definition) is 1. The zero-order chi connectivity index (χ0) is 20.1. The first-order valence-electron chi connectivity index (χ1n) is 9.25. The molecule has 0 aliphatic rings. The number of carbonyl (C=O) groups excluding carboxylic acids is 1. The molecule has 0 saturated carbocycles. The van der Waals surface area contributed by atoms with Gasteiger partial charge in [0.05, 0.1) is 28.4 Å². The summed E-state index contributed by atoms with van der Waals surface area (Å²) in [4.78, 5) is 30.3. The molecule has 1 amide bonds. The maximum Gasteiger partial charge on any atom is 0.266 e. The molecule has 1 N–H and O–H groups in total. The van der Waals surface area contributed by atoms with Gasteiger partial charge in [-0.3, -0.25) is 14.2 Å². The Hall–Kier alpha value is -2.80. The summed E-state index contributed by atoms with van der Waals surface area (Å²) in [6, 6.07) is 14.6. The van der Waals surface area contributed by atoms with Crippen molar-refractivity contribution >= 4 is 28.6 Å². The van der Waals surface area contributed by atoms with Crippen molar-refractivity contribution in [3.8, 4) is 11.4 Å². The van der Waals surface area contributed by atoms with Crippen LogP contribution in [0.1, 0.15) is 20.8 Å². The third-order valence-electron chi connectivity index (χ3n) is 4.15. The van der Waals surface area contributed by atoms with Gasteiger partial charge in [-0.05, 0) is 45.0 Å². The van der Waals surface area contributed by atoms with Crippen molar-refractivity contribution in [1.29, 1.82) is 0 Å². The van der Waals surface area contributed by atoms with Crippen LogP contribution in [0.15, 0.2) is 58.5 Å². The number of fused-ring (bicyclic) bond motifs is 1. The number of thioether (sulfide) groups is 1. The molecule has 0 spiro atoms. The topological polar surface area (TPSA) is 73.2 Å². The summed E-state index contributed by atoms with van der Waals surface area (Å²) >= 11 is 1.25. The molecule has 6 nitrogen and oxygen atoms in total. The van der Waals surface area contributed by atoms with Gasteiger partial charge < -0.3 is 10.1 Å². The number of amides is 1. The molecule has 7 heteroatoms. The maximum atomic E-state index is 13.3. The van der Waals surface area contributed by atoms with Crippen LogP contribution in [0.25, 0.3) is 16.6 Å². The minimum Gasteiger partial charge on any atom is -0.492 e. The summed E-state index contributed by atoms with van der Waals surface area (Å²) in [6.07, 6.45) is 0. The largest absolute Gasteiger partial charge is 0.492 e. The van der Waals surface area contributed by atoms with Crippen molar-refractivity contribution < 1.29 is 9.53 Å². The van der Waals surface area contributed by atoms with Crippen LogP contribution < -0.4 is 15.6 Å². The van der Waals surface area contributed by atoms with Crippen LogP contribution in [0.4, 0.5) is 0 Å². The second kappa shape index (κ2) is 8.93. The average molecular weight is 398 g/mol. The Morgan fingerprint density at radius 3 is 2.64 bits per heavy atom. The van der Waals surface area contributed by atoms with Crippen LogP contribution in [-0.4, -0.2) is 33.9 Å². The number of hydrogen-bond acceptors (Lipinski definition) is 5. The Bertz CT molecular complexity index is 1050. The minimum atomic E-state index is -0.404. The first kappa shape index (κ1) is 19.9. The van der Waals surface area contributed by atoms with Crippen LogP contribution in [-0.2, 0) is 4.79 Å². The Labute approximate surface area is 167 Å². The number of carbonyl (C=O) groups is 1. The molecule has 146 valence electrons. The molecule has 0 saturated heterocycles.